The maximum absolute atomic E-state index is 13.4. The van der Waals surface area contributed by atoms with Gasteiger partial charge in [-0.1, -0.05) is 54.6 Å². The molecular weight excluding hydrogens is 384 g/mol. The van der Waals surface area contributed by atoms with Gasteiger partial charge < -0.3 is 15.4 Å². The maximum Gasteiger partial charge on any atom is 0.231 e. The van der Waals surface area contributed by atoms with Gasteiger partial charge in [0.05, 0.1) is 17.6 Å². The Balaban J connectivity index is 0.00000205. The molecule has 2 aromatic carbocycles. The Morgan fingerprint density at radius 2 is 1.66 bits per heavy atom. The van der Waals surface area contributed by atoms with Crippen molar-refractivity contribution < 1.29 is 9.53 Å². The first-order chi connectivity index (χ1) is 13.7. The van der Waals surface area contributed by atoms with Crippen molar-refractivity contribution in [1.82, 2.24) is 10.6 Å². The number of amides is 1. The maximum atomic E-state index is 13.4. The molecule has 0 bridgehead atoms. The molecule has 1 saturated heterocycles. The minimum absolute atomic E-state index is 0. The minimum Gasteiger partial charge on any atom is -0.378 e. The lowest BCUT2D eigenvalue weighted by molar-refractivity contribution is -0.125. The SMILES string of the molecule is CO[C@H]1[C@H](NC(=O)C2(c3ccccc3)CC2)c2ccccc2C12CCNCC2.Cl. The highest BCUT2D eigenvalue weighted by atomic mass is 35.5. The van der Waals surface area contributed by atoms with E-state index in [0.29, 0.717) is 0 Å². The van der Waals surface area contributed by atoms with E-state index in [2.05, 4.69) is 47.0 Å². The Hall–Kier alpha value is -1.88. The van der Waals surface area contributed by atoms with Crippen molar-refractivity contribution in [2.24, 2.45) is 0 Å². The third-order valence-corrected chi connectivity index (χ3v) is 7.23. The lowest BCUT2D eigenvalue weighted by Gasteiger charge is -2.40. The highest BCUT2D eigenvalue weighted by Gasteiger charge is 2.56. The van der Waals surface area contributed by atoms with E-state index in [1.165, 1.54) is 11.1 Å². The number of hydrogen-bond donors (Lipinski definition) is 2. The lowest BCUT2D eigenvalue weighted by atomic mass is 9.72. The van der Waals surface area contributed by atoms with Crippen LogP contribution in [0.5, 0.6) is 0 Å². The summed E-state index contributed by atoms with van der Waals surface area (Å²) in [7, 11) is 1.80. The van der Waals surface area contributed by atoms with Gasteiger partial charge in [0, 0.05) is 12.5 Å². The number of piperidine rings is 1. The van der Waals surface area contributed by atoms with E-state index in [-0.39, 0.29) is 41.3 Å². The first-order valence-corrected chi connectivity index (χ1v) is 10.4. The van der Waals surface area contributed by atoms with Crippen LogP contribution in [0.2, 0.25) is 0 Å². The van der Waals surface area contributed by atoms with Gasteiger partial charge in [-0.2, -0.15) is 0 Å². The number of methoxy groups -OCH3 is 1. The molecule has 4 nitrogen and oxygen atoms in total. The van der Waals surface area contributed by atoms with Gasteiger partial charge in [-0.3, -0.25) is 4.79 Å². The average Bonchev–Trinajstić information content (AvgIpc) is 3.53. The summed E-state index contributed by atoms with van der Waals surface area (Å²) in [4.78, 5) is 13.4. The molecule has 0 unspecified atom stereocenters. The number of benzene rings is 2. The molecule has 3 aliphatic rings. The second-order valence-electron chi connectivity index (χ2n) is 8.55. The van der Waals surface area contributed by atoms with Crippen molar-refractivity contribution in [2.45, 2.75) is 48.7 Å². The smallest absolute Gasteiger partial charge is 0.231 e. The Bertz CT molecular complexity index is 875. The normalized spacial score (nSPS) is 25.7. The van der Waals surface area contributed by atoms with Crippen LogP contribution in [-0.4, -0.2) is 32.2 Å². The van der Waals surface area contributed by atoms with Gasteiger partial charge in [-0.25, -0.2) is 0 Å². The summed E-state index contributed by atoms with van der Waals surface area (Å²) < 4.78 is 6.10. The number of nitrogens with one attached hydrogen (secondary N) is 2. The fourth-order valence-corrected chi connectivity index (χ4v) is 5.61. The van der Waals surface area contributed by atoms with Crippen LogP contribution < -0.4 is 10.6 Å². The highest BCUT2D eigenvalue weighted by Crippen LogP contribution is 2.53. The van der Waals surface area contributed by atoms with Gasteiger partial charge in [0.1, 0.15) is 0 Å². The van der Waals surface area contributed by atoms with Crippen molar-refractivity contribution in [3.05, 3.63) is 71.3 Å². The predicted molar refractivity (Wildman–Crippen MR) is 117 cm³/mol. The molecule has 2 aliphatic carbocycles. The number of fused-ring (bicyclic) bond motifs is 2. The van der Waals surface area contributed by atoms with E-state index in [1.807, 2.05) is 18.2 Å². The van der Waals surface area contributed by atoms with Gasteiger partial charge in [0.2, 0.25) is 5.91 Å². The van der Waals surface area contributed by atoms with E-state index in [0.717, 1.165) is 44.3 Å². The topological polar surface area (TPSA) is 50.4 Å². The number of hydrogen-bond acceptors (Lipinski definition) is 3. The van der Waals surface area contributed by atoms with Crippen LogP contribution in [0.1, 0.15) is 48.4 Å². The number of halogens is 1. The Morgan fingerprint density at radius 3 is 2.31 bits per heavy atom. The van der Waals surface area contributed by atoms with Crippen molar-refractivity contribution in [3.63, 3.8) is 0 Å². The number of ether oxygens (including phenoxy) is 1. The number of rotatable bonds is 4. The second kappa shape index (κ2) is 7.75. The fraction of sp³-hybridized carbons (Fsp3) is 0.458. The minimum atomic E-state index is -0.363. The molecule has 1 saturated carbocycles. The molecule has 0 aromatic heterocycles. The molecule has 1 heterocycles. The molecule has 0 radical (unpaired) electrons. The zero-order valence-corrected chi connectivity index (χ0v) is 17.6. The highest BCUT2D eigenvalue weighted by molar-refractivity contribution is 5.91. The van der Waals surface area contributed by atoms with E-state index in [4.69, 9.17) is 4.74 Å². The monoisotopic (exact) mass is 412 g/mol. The summed E-state index contributed by atoms with van der Waals surface area (Å²) in [6, 6.07) is 18.7. The average molecular weight is 413 g/mol. The third-order valence-electron chi connectivity index (χ3n) is 7.23. The molecule has 1 amide bonds. The zero-order valence-electron chi connectivity index (χ0n) is 16.8. The molecule has 1 aliphatic heterocycles. The van der Waals surface area contributed by atoms with E-state index in [9.17, 15) is 4.79 Å². The van der Waals surface area contributed by atoms with Gasteiger partial charge >= 0.3 is 0 Å². The molecule has 29 heavy (non-hydrogen) atoms. The Morgan fingerprint density at radius 1 is 1.00 bits per heavy atom. The molecule has 154 valence electrons. The molecule has 1 spiro atoms. The first-order valence-electron chi connectivity index (χ1n) is 10.4. The van der Waals surface area contributed by atoms with Crippen molar-refractivity contribution in [3.8, 4) is 0 Å². The Labute approximate surface area is 178 Å². The van der Waals surface area contributed by atoms with Crippen LogP contribution in [0.25, 0.3) is 0 Å². The van der Waals surface area contributed by atoms with Crippen LogP contribution in [0.4, 0.5) is 0 Å². The number of carbonyl (C=O) groups excluding carboxylic acids is 1. The predicted octanol–water partition coefficient (Wildman–Crippen LogP) is 3.65. The lowest BCUT2D eigenvalue weighted by Crippen LogP contribution is -2.50. The second-order valence-corrected chi connectivity index (χ2v) is 8.55. The third kappa shape index (κ3) is 3.09. The summed E-state index contributed by atoms with van der Waals surface area (Å²) in [5.74, 6) is 0.145. The molecule has 5 rings (SSSR count). The zero-order chi connectivity index (χ0) is 19.2. The van der Waals surface area contributed by atoms with Crippen LogP contribution in [0, 0.1) is 0 Å². The molecule has 2 fully saturated rings. The van der Waals surface area contributed by atoms with Crippen LogP contribution in [0.3, 0.4) is 0 Å². The van der Waals surface area contributed by atoms with Gasteiger partial charge in [0.15, 0.2) is 0 Å². The largest absolute Gasteiger partial charge is 0.378 e. The summed E-state index contributed by atoms with van der Waals surface area (Å²) >= 11 is 0. The van der Waals surface area contributed by atoms with Gasteiger partial charge in [-0.05, 0) is 55.5 Å². The molecule has 2 N–H and O–H groups in total. The van der Waals surface area contributed by atoms with Crippen LogP contribution in [0.15, 0.2) is 54.6 Å². The van der Waals surface area contributed by atoms with Crippen molar-refractivity contribution in [2.75, 3.05) is 20.2 Å². The van der Waals surface area contributed by atoms with E-state index < -0.39 is 0 Å². The molecular formula is C24H29ClN2O2. The molecule has 5 heteroatoms. The number of carbonyl (C=O) groups is 1. The summed E-state index contributed by atoms with van der Waals surface area (Å²) in [6.45, 7) is 1.98. The van der Waals surface area contributed by atoms with E-state index >= 15 is 0 Å². The Kier molecular flexibility index (Phi) is 5.45. The van der Waals surface area contributed by atoms with Gasteiger partial charge in [-0.15, -0.1) is 12.4 Å². The van der Waals surface area contributed by atoms with Crippen LogP contribution >= 0.6 is 12.4 Å². The van der Waals surface area contributed by atoms with E-state index in [1.54, 1.807) is 7.11 Å². The van der Waals surface area contributed by atoms with Crippen molar-refractivity contribution in [1.29, 1.82) is 0 Å². The summed E-state index contributed by atoms with van der Waals surface area (Å²) in [6.07, 6.45) is 3.90. The summed E-state index contributed by atoms with van der Waals surface area (Å²) in [5.41, 5.74) is 3.34. The summed E-state index contributed by atoms with van der Waals surface area (Å²) in [5, 5.41) is 6.90. The van der Waals surface area contributed by atoms with Crippen molar-refractivity contribution >= 4 is 18.3 Å². The molecule has 2 aromatic rings. The fourth-order valence-electron chi connectivity index (χ4n) is 5.61. The quantitative estimate of drug-likeness (QED) is 0.805. The standard InChI is InChI=1S/C24H28N2O2.ClH/c1-28-21-20(26-22(27)23(11-12-23)17-7-3-2-4-8-17)18-9-5-6-10-19(18)24(21)13-15-25-16-14-24;/h2-10,20-21,25H,11-16H2,1H3,(H,26,27);1H/t20-,21+;/m1./s1. The first kappa shape index (κ1) is 20.4. The van der Waals surface area contributed by atoms with Gasteiger partial charge in [0.25, 0.3) is 0 Å². The van der Waals surface area contributed by atoms with Crippen LogP contribution in [-0.2, 0) is 20.4 Å². The molecule has 2 atom stereocenters.